The van der Waals surface area contributed by atoms with Crippen molar-refractivity contribution in [3.05, 3.63) is 11.6 Å². The summed E-state index contributed by atoms with van der Waals surface area (Å²) in [5.74, 6) is 0. The van der Waals surface area contributed by atoms with E-state index in [1.807, 2.05) is 6.07 Å². The van der Waals surface area contributed by atoms with E-state index in [9.17, 15) is 8.42 Å². The van der Waals surface area contributed by atoms with Crippen LogP contribution < -0.4 is 4.72 Å². The highest BCUT2D eigenvalue weighted by Gasteiger charge is 2.21. The highest BCUT2D eigenvalue weighted by Crippen LogP contribution is 2.11. The van der Waals surface area contributed by atoms with E-state index in [0.717, 1.165) is 0 Å². The number of nitrogens with zero attached hydrogens (tertiary/aromatic N) is 2. The van der Waals surface area contributed by atoms with E-state index in [-0.39, 0.29) is 6.54 Å². The maximum Gasteiger partial charge on any atom is 0.279 e. The fourth-order valence-corrected chi connectivity index (χ4v) is 1.96. The Bertz CT molecular complexity index is 352. The normalized spacial score (nSPS) is 19.2. The Morgan fingerprint density at radius 1 is 1.69 bits per heavy atom. The lowest BCUT2D eigenvalue weighted by molar-refractivity contribution is 0.428. The van der Waals surface area contributed by atoms with E-state index in [1.165, 1.54) is 11.4 Å². The monoisotopic (exact) mass is 201 g/mol. The smallest absolute Gasteiger partial charge is 0.205 e. The first kappa shape index (κ1) is 10.2. The molecule has 1 aliphatic rings. The average Bonchev–Trinajstić information content (AvgIpc) is 2.18. The number of nitrogens with one attached hydrogen (secondary N) is 1. The number of hydrogen-bond acceptors (Lipinski definition) is 3. The summed E-state index contributed by atoms with van der Waals surface area (Å²) in [4.78, 5) is 0. The first-order valence-electron chi connectivity index (χ1n) is 3.88. The highest BCUT2D eigenvalue weighted by molar-refractivity contribution is 7.87. The molecule has 0 aliphatic carbocycles. The third-order valence-corrected chi connectivity index (χ3v) is 3.44. The van der Waals surface area contributed by atoms with E-state index in [1.54, 1.807) is 6.08 Å². The molecule has 5 nitrogen and oxygen atoms in total. The molecule has 0 unspecified atom stereocenters. The zero-order valence-electron chi connectivity index (χ0n) is 7.32. The largest absolute Gasteiger partial charge is 0.279 e. The Hall–Kier alpha value is -0.900. The van der Waals surface area contributed by atoms with Crippen molar-refractivity contribution in [2.75, 3.05) is 20.1 Å². The van der Waals surface area contributed by atoms with Crippen molar-refractivity contribution in [2.24, 2.45) is 0 Å². The molecule has 0 amide bonds. The fraction of sp³-hybridized carbons (Fsp3) is 0.571. The topological polar surface area (TPSA) is 73.2 Å². The van der Waals surface area contributed by atoms with Gasteiger partial charge in [-0.05, 0) is 6.42 Å². The lowest BCUT2D eigenvalue weighted by Crippen LogP contribution is -2.41. The minimum absolute atomic E-state index is 0.284. The minimum atomic E-state index is -3.32. The van der Waals surface area contributed by atoms with Crippen LogP contribution >= 0.6 is 0 Å². The molecule has 0 saturated heterocycles. The van der Waals surface area contributed by atoms with Crippen LogP contribution in [0.5, 0.6) is 0 Å². The molecule has 1 rings (SSSR count). The summed E-state index contributed by atoms with van der Waals surface area (Å²) >= 11 is 0. The lowest BCUT2D eigenvalue weighted by Gasteiger charge is -2.22. The Labute approximate surface area is 77.8 Å². The summed E-state index contributed by atoms with van der Waals surface area (Å²) in [6, 6.07) is 2.01. The van der Waals surface area contributed by atoms with Gasteiger partial charge in [0.25, 0.3) is 10.2 Å². The third kappa shape index (κ3) is 2.28. The van der Waals surface area contributed by atoms with Crippen molar-refractivity contribution in [1.82, 2.24) is 9.03 Å². The molecule has 1 heterocycles. The predicted octanol–water partition coefficient (Wildman–Crippen LogP) is -0.394. The maximum absolute atomic E-state index is 11.3. The van der Waals surface area contributed by atoms with Gasteiger partial charge in [0, 0.05) is 25.7 Å². The predicted molar refractivity (Wildman–Crippen MR) is 47.9 cm³/mol. The van der Waals surface area contributed by atoms with Gasteiger partial charge in [-0.2, -0.15) is 18.0 Å². The second-order valence-corrected chi connectivity index (χ2v) is 4.53. The van der Waals surface area contributed by atoms with Crippen LogP contribution in [-0.4, -0.2) is 32.9 Å². The van der Waals surface area contributed by atoms with Gasteiger partial charge in [0.2, 0.25) is 0 Å². The zero-order valence-corrected chi connectivity index (χ0v) is 8.13. The molecule has 0 aromatic heterocycles. The van der Waals surface area contributed by atoms with Crippen LogP contribution in [0.3, 0.4) is 0 Å². The summed E-state index contributed by atoms with van der Waals surface area (Å²) in [5, 5.41) is 8.54. The van der Waals surface area contributed by atoms with Gasteiger partial charge >= 0.3 is 0 Å². The molecule has 0 fully saturated rings. The van der Waals surface area contributed by atoms with Crippen LogP contribution in [0.25, 0.3) is 0 Å². The second kappa shape index (κ2) is 3.87. The van der Waals surface area contributed by atoms with Gasteiger partial charge in [0.1, 0.15) is 0 Å². The van der Waals surface area contributed by atoms with E-state index < -0.39 is 10.2 Å². The molecule has 0 aromatic carbocycles. The molecule has 1 aliphatic heterocycles. The molecular weight excluding hydrogens is 190 g/mol. The summed E-state index contributed by atoms with van der Waals surface area (Å²) in [6.07, 6.45) is 2.13. The Morgan fingerprint density at radius 2 is 2.38 bits per heavy atom. The van der Waals surface area contributed by atoms with Crippen LogP contribution in [0.4, 0.5) is 0 Å². The van der Waals surface area contributed by atoms with Crippen LogP contribution in [0.15, 0.2) is 11.6 Å². The summed E-state index contributed by atoms with van der Waals surface area (Å²) in [7, 11) is -1.95. The molecule has 0 spiro atoms. The van der Waals surface area contributed by atoms with Crippen LogP contribution in [0, 0.1) is 11.3 Å². The van der Waals surface area contributed by atoms with Crippen molar-refractivity contribution >= 4 is 10.2 Å². The lowest BCUT2D eigenvalue weighted by atomic mass is 10.1. The number of nitriles is 1. The van der Waals surface area contributed by atoms with E-state index in [0.29, 0.717) is 18.5 Å². The molecule has 6 heteroatoms. The van der Waals surface area contributed by atoms with Gasteiger partial charge in [-0.15, -0.1) is 0 Å². The maximum atomic E-state index is 11.3. The fourth-order valence-electron chi connectivity index (χ4n) is 1.10. The van der Waals surface area contributed by atoms with Gasteiger partial charge < -0.3 is 0 Å². The van der Waals surface area contributed by atoms with Gasteiger partial charge in [0.05, 0.1) is 6.07 Å². The molecule has 1 N–H and O–H groups in total. The van der Waals surface area contributed by atoms with Gasteiger partial charge in [-0.1, -0.05) is 6.08 Å². The molecule has 13 heavy (non-hydrogen) atoms. The van der Waals surface area contributed by atoms with Crippen LogP contribution in [0.1, 0.15) is 6.42 Å². The second-order valence-electron chi connectivity index (χ2n) is 2.66. The molecule has 0 radical (unpaired) electrons. The van der Waals surface area contributed by atoms with Crippen molar-refractivity contribution in [1.29, 1.82) is 5.26 Å². The Kier molecular flexibility index (Phi) is 3.03. The standard InChI is InChI=1S/C7H11N3O2S/c1-9-13(11,12)10-4-2-7(6-8)3-5-10/h2,9H,3-5H2,1H3. The molecule has 72 valence electrons. The van der Waals surface area contributed by atoms with Crippen molar-refractivity contribution in [2.45, 2.75) is 6.42 Å². The summed E-state index contributed by atoms with van der Waals surface area (Å²) in [6.45, 7) is 0.661. The molecular formula is C7H11N3O2S. The first-order chi connectivity index (χ1) is 6.10. The van der Waals surface area contributed by atoms with Crippen LogP contribution in [-0.2, 0) is 10.2 Å². The van der Waals surface area contributed by atoms with E-state index in [4.69, 9.17) is 5.26 Å². The molecule has 0 bridgehead atoms. The summed E-state index contributed by atoms with van der Waals surface area (Å²) < 4.78 is 26.0. The van der Waals surface area contributed by atoms with E-state index in [2.05, 4.69) is 4.72 Å². The van der Waals surface area contributed by atoms with Gasteiger partial charge in [-0.25, -0.2) is 4.72 Å². The first-order valence-corrected chi connectivity index (χ1v) is 5.32. The van der Waals surface area contributed by atoms with Crippen LogP contribution in [0.2, 0.25) is 0 Å². The van der Waals surface area contributed by atoms with Crippen molar-refractivity contribution < 1.29 is 8.42 Å². The van der Waals surface area contributed by atoms with E-state index >= 15 is 0 Å². The van der Waals surface area contributed by atoms with Gasteiger partial charge in [0.15, 0.2) is 0 Å². The summed E-state index contributed by atoms with van der Waals surface area (Å²) in [5.41, 5.74) is 0.655. The van der Waals surface area contributed by atoms with Gasteiger partial charge in [-0.3, -0.25) is 0 Å². The Balaban J connectivity index is 2.73. The number of hydrogen-bond donors (Lipinski definition) is 1. The number of rotatable bonds is 2. The molecule has 0 saturated carbocycles. The zero-order chi connectivity index (χ0) is 9.90. The SMILES string of the molecule is CNS(=O)(=O)N1CC=C(C#N)CC1. The molecule has 0 aromatic rings. The van der Waals surface area contributed by atoms with Crippen molar-refractivity contribution in [3.8, 4) is 6.07 Å². The Morgan fingerprint density at radius 3 is 2.77 bits per heavy atom. The molecule has 0 atom stereocenters. The quantitative estimate of drug-likeness (QED) is 0.661. The average molecular weight is 201 g/mol. The van der Waals surface area contributed by atoms with Crippen molar-refractivity contribution in [3.63, 3.8) is 0 Å². The highest BCUT2D eigenvalue weighted by atomic mass is 32.2. The minimum Gasteiger partial charge on any atom is -0.205 e. The third-order valence-electron chi connectivity index (χ3n) is 1.91.